The summed E-state index contributed by atoms with van der Waals surface area (Å²) in [6.07, 6.45) is 4.09. The highest BCUT2D eigenvalue weighted by molar-refractivity contribution is 7.99. The first-order valence-corrected chi connectivity index (χ1v) is 8.07. The SMILES string of the molecule is COc1c(OC2CCCSC2)cccc1-c1cnoc1N. The van der Waals surface area contributed by atoms with E-state index in [1.54, 1.807) is 13.3 Å². The van der Waals surface area contributed by atoms with Crippen LogP contribution in [0.3, 0.4) is 0 Å². The molecule has 0 amide bonds. The van der Waals surface area contributed by atoms with Crippen molar-refractivity contribution in [2.45, 2.75) is 18.9 Å². The van der Waals surface area contributed by atoms with Crippen molar-refractivity contribution in [1.29, 1.82) is 0 Å². The molecule has 1 aliphatic heterocycles. The Bertz CT molecular complexity index is 609. The van der Waals surface area contributed by atoms with Crippen molar-refractivity contribution in [3.63, 3.8) is 0 Å². The molecule has 0 spiro atoms. The second-order valence-corrected chi connectivity index (χ2v) is 6.05. The molecular formula is C15H18N2O3S. The van der Waals surface area contributed by atoms with Gasteiger partial charge in [0.15, 0.2) is 11.5 Å². The molecule has 0 radical (unpaired) electrons. The predicted molar refractivity (Wildman–Crippen MR) is 83.9 cm³/mol. The van der Waals surface area contributed by atoms with Gasteiger partial charge < -0.3 is 19.7 Å². The summed E-state index contributed by atoms with van der Waals surface area (Å²) in [4.78, 5) is 0. The van der Waals surface area contributed by atoms with Crippen LogP contribution in [0.25, 0.3) is 11.1 Å². The number of aromatic nitrogens is 1. The third-order valence-electron chi connectivity index (χ3n) is 3.48. The van der Waals surface area contributed by atoms with Gasteiger partial charge in [-0.2, -0.15) is 11.8 Å². The number of thioether (sulfide) groups is 1. The second-order valence-electron chi connectivity index (χ2n) is 4.90. The van der Waals surface area contributed by atoms with Gasteiger partial charge in [-0.3, -0.25) is 0 Å². The number of hydrogen-bond acceptors (Lipinski definition) is 6. The van der Waals surface area contributed by atoms with Crippen LogP contribution in [0.1, 0.15) is 12.8 Å². The van der Waals surface area contributed by atoms with Crippen LogP contribution >= 0.6 is 11.8 Å². The zero-order valence-electron chi connectivity index (χ0n) is 11.9. The van der Waals surface area contributed by atoms with E-state index in [0.717, 1.165) is 29.1 Å². The Kier molecular flexibility index (Phi) is 4.24. The van der Waals surface area contributed by atoms with Crippen LogP contribution in [-0.4, -0.2) is 29.9 Å². The Hall–Kier alpha value is -1.82. The number of anilines is 1. The molecule has 1 aromatic heterocycles. The third-order valence-corrected chi connectivity index (χ3v) is 4.67. The average molecular weight is 306 g/mol. The minimum atomic E-state index is 0.229. The van der Waals surface area contributed by atoms with Crippen molar-refractivity contribution in [2.24, 2.45) is 0 Å². The first kappa shape index (κ1) is 14.1. The van der Waals surface area contributed by atoms with Gasteiger partial charge in [-0.25, -0.2) is 0 Å². The maximum absolute atomic E-state index is 6.12. The van der Waals surface area contributed by atoms with Gasteiger partial charge in [0.25, 0.3) is 0 Å². The van der Waals surface area contributed by atoms with E-state index < -0.39 is 0 Å². The number of para-hydroxylation sites is 1. The Morgan fingerprint density at radius 3 is 2.95 bits per heavy atom. The molecule has 2 N–H and O–H groups in total. The summed E-state index contributed by atoms with van der Waals surface area (Å²) in [6.45, 7) is 0. The second kappa shape index (κ2) is 6.30. The Labute approximate surface area is 127 Å². The Balaban J connectivity index is 1.92. The van der Waals surface area contributed by atoms with Crippen LogP contribution in [0.5, 0.6) is 11.5 Å². The minimum absolute atomic E-state index is 0.229. The number of nitrogen functional groups attached to an aromatic ring is 1. The summed E-state index contributed by atoms with van der Waals surface area (Å²) >= 11 is 1.93. The molecule has 0 aliphatic carbocycles. The Morgan fingerprint density at radius 2 is 2.29 bits per heavy atom. The van der Waals surface area contributed by atoms with Crippen LogP contribution in [0, 0.1) is 0 Å². The monoisotopic (exact) mass is 306 g/mol. The molecule has 5 nitrogen and oxygen atoms in total. The summed E-state index contributed by atoms with van der Waals surface area (Å²) in [5, 5.41) is 3.72. The molecule has 1 saturated heterocycles. The molecule has 112 valence electrons. The molecule has 1 unspecified atom stereocenters. The molecule has 1 aromatic carbocycles. The van der Waals surface area contributed by atoms with E-state index in [2.05, 4.69) is 5.16 Å². The molecule has 2 aromatic rings. The molecule has 21 heavy (non-hydrogen) atoms. The van der Waals surface area contributed by atoms with E-state index in [4.69, 9.17) is 19.7 Å². The molecule has 2 heterocycles. The molecular weight excluding hydrogens is 288 g/mol. The topological polar surface area (TPSA) is 70.5 Å². The number of methoxy groups -OCH3 is 1. The van der Waals surface area contributed by atoms with Gasteiger partial charge in [0.05, 0.1) is 18.9 Å². The van der Waals surface area contributed by atoms with Gasteiger partial charge in [-0.15, -0.1) is 0 Å². The fourth-order valence-corrected chi connectivity index (χ4v) is 3.50. The van der Waals surface area contributed by atoms with E-state index in [1.807, 2.05) is 30.0 Å². The van der Waals surface area contributed by atoms with Crippen molar-refractivity contribution < 1.29 is 14.0 Å². The zero-order valence-corrected chi connectivity index (χ0v) is 12.7. The van der Waals surface area contributed by atoms with Crippen molar-refractivity contribution in [3.05, 3.63) is 24.4 Å². The highest BCUT2D eigenvalue weighted by Crippen LogP contribution is 2.41. The first-order chi connectivity index (χ1) is 10.3. The lowest BCUT2D eigenvalue weighted by Gasteiger charge is -2.24. The number of hydrogen-bond donors (Lipinski definition) is 1. The molecule has 1 fully saturated rings. The maximum Gasteiger partial charge on any atom is 0.230 e. The number of benzene rings is 1. The van der Waals surface area contributed by atoms with Crippen LogP contribution < -0.4 is 15.2 Å². The van der Waals surface area contributed by atoms with Gasteiger partial charge in [0, 0.05) is 11.3 Å². The quantitative estimate of drug-likeness (QED) is 0.935. The fourth-order valence-electron chi connectivity index (χ4n) is 2.47. The van der Waals surface area contributed by atoms with Crippen molar-refractivity contribution in [2.75, 3.05) is 24.3 Å². The maximum atomic E-state index is 6.12. The van der Waals surface area contributed by atoms with Gasteiger partial charge in [-0.05, 0) is 24.7 Å². The van der Waals surface area contributed by atoms with E-state index in [9.17, 15) is 0 Å². The number of rotatable bonds is 4. The van der Waals surface area contributed by atoms with Crippen LogP contribution in [0.15, 0.2) is 28.9 Å². The Morgan fingerprint density at radius 1 is 1.38 bits per heavy atom. The largest absolute Gasteiger partial charge is 0.492 e. The molecule has 0 saturated carbocycles. The minimum Gasteiger partial charge on any atom is -0.492 e. The van der Waals surface area contributed by atoms with Crippen LogP contribution in [0.2, 0.25) is 0 Å². The van der Waals surface area contributed by atoms with Crippen LogP contribution in [0.4, 0.5) is 5.88 Å². The lowest BCUT2D eigenvalue weighted by molar-refractivity contribution is 0.202. The fraction of sp³-hybridized carbons (Fsp3) is 0.400. The van der Waals surface area contributed by atoms with Crippen molar-refractivity contribution in [3.8, 4) is 22.6 Å². The smallest absolute Gasteiger partial charge is 0.230 e. The molecule has 1 aliphatic rings. The lowest BCUT2D eigenvalue weighted by atomic mass is 10.1. The average Bonchev–Trinajstić information content (AvgIpc) is 2.94. The molecule has 3 rings (SSSR count). The third kappa shape index (κ3) is 2.95. The highest BCUT2D eigenvalue weighted by Gasteiger charge is 2.20. The number of nitrogens with two attached hydrogens (primary N) is 1. The number of ether oxygens (including phenoxy) is 2. The van der Waals surface area contributed by atoms with E-state index in [1.165, 1.54) is 12.2 Å². The van der Waals surface area contributed by atoms with Crippen molar-refractivity contribution >= 4 is 17.6 Å². The zero-order chi connectivity index (χ0) is 14.7. The summed E-state index contributed by atoms with van der Waals surface area (Å²) in [7, 11) is 1.63. The van der Waals surface area contributed by atoms with Gasteiger partial charge >= 0.3 is 0 Å². The van der Waals surface area contributed by atoms with E-state index >= 15 is 0 Å². The van der Waals surface area contributed by atoms with Gasteiger partial charge in [0.1, 0.15) is 6.10 Å². The molecule has 0 bridgehead atoms. The lowest BCUT2D eigenvalue weighted by Crippen LogP contribution is -2.23. The number of nitrogens with zero attached hydrogens (tertiary/aromatic N) is 1. The highest BCUT2D eigenvalue weighted by atomic mass is 32.2. The molecule has 6 heteroatoms. The predicted octanol–water partition coefficient (Wildman–Crippen LogP) is 3.21. The summed E-state index contributed by atoms with van der Waals surface area (Å²) < 4.78 is 16.6. The summed E-state index contributed by atoms with van der Waals surface area (Å²) in [5.74, 6) is 3.92. The van der Waals surface area contributed by atoms with Gasteiger partial charge in [-0.1, -0.05) is 17.3 Å². The normalized spacial score (nSPS) is 18.4. The summed E-state index contributed by atoms with van der Waals surface area (Å²) in [6, 6.07) is 5.77. The molecule has 1 atom stereocenters. The van der Waals surface area contributed by atoms with Gasteiger partial charge in [0.2, 0.25) is 5.88 Å². The standard InChI is InChI=1S/C15H18N2O3S/c1-18-14-11(12-8-17-20-15(12)16)5-2-6-13(14)19-10-4-3-7-21-9-10/h2,5-6,8,10H,3-4,7,9,16H2,1H3. The van der Waals surface area contributed by atoms with E-state index in [0.29, 0.717) is 5.75 Å². The van der Waals surface area contributed by atoms with Crippen molar-refractivity contribution in [1.82, 2.24) is 5.16 Å². The van der Waals surface area contributed by atoms with E-state index in [-0.39, 0.29) is 12.0 Å². The first-order valence-electron chi connectivity index (χ1n) is 6.91. The summed E-state index contributed by atoms with van der Waals surface area (Å²) in [5.41, 5.74) is 7.35. The van der Waals surface area contributed by atoms with Crippen LogP contribution in [-0.2, 0) is 0 Å².